The first-order valence-corrected chi connectivity index (χ1v) is 17.6. The Morgan fingerprint density at radius 1 is 1.12 bits per heavy atom. The molecule has 0 radical (unpaired) electrons. The lowest BCUT2D eigenvalue weighted by atomic mass is 9.97. The minimum atomic E-state index is -3.65. The second-order valence-electron chi connectivity index (χ2n) is 12.8. The lowest BCUT2D eigenvalue weighted by molar-refractivity contribution is 0.0454. The highest BCUT2D eigenvalue weighted by atomic mass is 32.2. The highest BCUT2D eigenvalue weighted by molar-refractivity contribution is 7.89. The second-order valence-corrected chi connectivity index (χ2v) is 14.6. The minimum Gasteiger partial charge on any atom is -0.461 e. The first kappa shape index (κ1) is 33.5. The van der Waals surface area contributed by atoms with Gasteiger partial charge in [-0.05, 0) is 87.5 Å². The van der Waals surface area contributed by atoms with Crippen molar-refractivity contribution in [2.75, 3.05) is 32.8 Å². The van der Waals surface area contributed by atoms with Gasteiger partial charge in [0.2, 0.25) is 10.0 Å². The van der Waals surface area contributed by atoms with Gasteiger partial charge in [-0.25, -0.2) is 22.3 Å². The molecule has 12 nitrogen and oxygen atoms in total. The van der Waals surface area contributed by atoms with Gasteiger partial charge in [0, 0.05) is 41.7 Å². The van der Waals surface area contributed by atoms with E-state index >= 15 is 0 Å². The number of nitrogens with one attached hydrogen (secondary N) is 2. The second kappa shape index (κ2) is 14.0. The molecule has 4 heterocycles. The van der Waals surface area contributed by atoms with Gasteiger partial charge in [-0.2, -0.15) is 0 Å². The van der Waals surface area contributed by atoms with E-state index in [2.05, 4.69) is 30.1 Å². The summed E-state index contributed by atoms with van der Waals surface area (Å²) in [6, 6.07) is 11.0. The zero-order valence-electron chi connectivity index (χ0n) is 27.5. The number of halogens is 1. The Kier molecular flexibility index (Phi) is 9.76. The number of fused-ring (bicyclic) bond motifs is 1. The molecule has 1 fully saturated rings. The zero-order chi connectivity index (χ0) is 34.0. The number of sulfonamides is 1. The van der Waals surface area contributed by atoms with E-state index < -0.39 is 21.8 Å². The van der Waals surface area contributed by atoms with E-state index in [1.165, 1.54) is 12.1 Å². The number of aromatic nitrogens is 5. The summed E-state index contributed by atoms with van der Waals surface area (Å²) in [5.74, 6) is 0.263. The van der Waals surface area contributed by atoms with Gasteiger partial charge in [-0.15, -0.1) is 5.10 Å². The van der Waals surface area contributed by atoms with E-state index in [9.17, 15) is 17.6 Å². The molecule has 0 saturated carbocycles. The van der Waals surface area contributed by atoms with E-state index in [-0.39, 0.29) is 23.1 Å². The van der Waals surface area contributed by atoms with Gasteiger partial charge in [-0.1, -0.05) is 36.4 Å². The molecule has 3 aromatic heterocycles. The summed E-state index contributed by atoms with van der Waals surface area (Å²) in [6.07, 6.45) is 3.61. The van der Waals surface area contributed by atoms with E-state index in [1.807, 2.05) is 27.7 Å². The minimum absolute atomic E-state index is 0.167. The quantitative estimate of drug-likeness (QED) is 0.167. The third-order valence-electron chi connectivity index (χ3n) is 8.67. The van der Waals surface area contributed by atoms with Crippen LogP contribution >= 0.6 is 0 Å². The molecule has 0 bridgehead atoms. The van der Waals surface area contributed by atoms with Crippen LogP contribution in [0.3, 0.4) is 0 Å². The van der Waals surface area contributed by atoms with Gasteiger partial charge >= 0.3 is 5.97 Å². The van der Waals surface area contributed by atoms with Gasteiger partial charge < -0.3 is 19.1 Å². The fourth-order valence-electron chi connectivity index (χ4n) is 6.17. The molecule has 1 saturated heterocycles. The normalized spacial score (nSPS) is 14.7. The number of nitrogens with zero attached hydrogens (tertiary/aromatic N) is 5. The molecule has 0 unspecified atom stereocenters. The van der Waals surface area contributed by atoms with Crippen molar-refractivity contribution >= 4 is 26.9 Å². The summed E-state index contributed by atoms with van der Waals surface area (Å²) in [6.45, 7) is 11.1. The number of aryl methyl sites for hydroxylation is 2. The molecule has 1 aliphatic heterocycles. The van der Waals surface area contributed by atoms with Gasteiger partial charge in [0.25, 0.3) is 0 Å². The van der Waals surface area contributed by atoms with Crippen LogP contribution in [0.4, 0.5) is 4.39 Å². The molecule has 0 aliphatic carbocycles. The smallest absolute Gasteiger partial charge is 0.355 e. The average molecular weight is 678 g/mol. The van der Waals surface area contributed by atoms with E-state index in [4.69, 9.17) is 9.26 Å². The Morgan fingerprint density at radius 3 is 2.56 bits per heavy atom. The molecule has 2 N–H and O–H groups in total. The fourth-order valence-corrected chi connectivity index (χ4v) is 7.20. The number of ether oxygens (including phenoxy) is 1. The largest absolute Gasteiger partial charge is 0.461 e. The van der Waals surface area contributed by atoms with Crippen LogP contribution in [0.25, 0.3) is 33.3 Å². The highest BCUT2D eigenvalue weighted by Crippen LogP contribution is 2.33. The van der Waals surface area contributed by atoms with Gasteiger partial charge in [0.05, 0.1) is 23.4 Å². The van der Waals surface area contributed by atoms with Gasteiger partial charge in [0.15, 0.2) is 0 Å². The molecule has 1 aliphatic rings. The Labute approximate surface area is 278 Å². The van der Waals surface area contributed by atoms with Gasteiger partial charge in [-0.3, -0.25) is 4.68 Å². The molecule has 254 valence electrons. The number of esters is 1. The number of piperidine rings is 1. The lowest BCUT2D eigenvalue weighted by Crippen LogP contribution is -2.40. The monoisotopic (exact) mass is 677 g/mol. The maximum Gasteiger partial charge on any atom is 0.355 e. The van der Waals surface area contributed by atoms with Crippen LogP contribution in [0.1, 0.15) is 48.6 Å². The van der Waals surface area contributed by atoms with Crippen molar-refractivity contribution in [1.82, 2.24) is 34.8 Å². The van der Waals surface area contributed by atoms with Crippen LogP contribution in [-0.4, -0.2) is 77.2 Å². The van der Waals surface area contributed by atoms with Crippen molar-refractivity contribution in [1.29, 1.82) is 0 Å². The van der Waals surface area contributed by atoms with Crippen LogP contribution in [0, 0.1) is 31.5 Å². The number of benzene rings is 2. The molecule has 5 aromatic rings. The molecule has 48 heavy (non-hydrogen) atoms. The molecular weight excluding hydrogens is 637 g/mol. The lowest BCUT2D eigenvalue weighted by Gasteiger charge is -2.31. The third kappa shape index (κ3) is 7.35. The van der Waals surface area contributed by atoms with Crippen molar-refractivity contribution in [2.24, 2.45) is 11.8 Å². The molecular formula is C34H40FN7O5S. The predicted molar refractivity (Wildman–Crippen MR) is 178 cm³/mol. The van der Waals surface area contributed by atoms with E-state index in [0.29, 0.717) is 53.5 Å². The van der Waals surface area contributed by atoms with Crippen LogP contribution < -0.4 is 4.72 Å². The van der Waals surface area contributed by atoms with Crippen molar-refractivity contribution in [3.05, 3.63) is 71.6 Å². The molecule has 0 amide bonds. The summed E-state index contributed by atoms with van der Waals surface area (Å²) in [5, 5.41) is 13.2. The standard InChI is InChI=1S/C34H40FN7O5S/c1-21(2)20-46-34(43)33-32(28-17-26(35)7-10-29(28)37-33)30-19-42(40-38-30)18-24-11-14-41(15-12-24)16-13-36-48(44,45)27-8-5-25(6-9-27)31-22(3)39-47-23(31)4/h5-10,17,19,21,24,36-37H,11-16,18,20H2,1-4H3. The zero-order valence-corrected chi connectivity index (χ0v) is 28.3. The molecule has 0 spiro atoms. The summed E-state index contributed by atoms with van der Waals surface area (Å²) in [4.78, 5) is 18.5. The highest BCUT2D eigenvalue weighted by Gasteiger charge is 2.25. The first-order valence-electron chi connectivity index (χ1n) is 16.1. The number of likely N-dealkylation sites (tertiary alicyclic amines) is 1. The van der Waals surface area contributed by atoms with Crippen molar-refractivity contribution < 1.29 is 26.9 Å². The maximum absolute atomic E-state index is 14.2. The Balaban J connectivity index is 1.02. The predicted octanol–water partition coefficient (Wildman–Crippen LogP) is 5.34. The Bertz CT molecular complexity index is 1990. The summed E-state index contributed by atoms with van der Waals surface area (Å²) in [7, 11) is -3.65. The molecule has 14 heteroatoms. The maximum atomic E-state index is 14.2. The average Bonchev–Trinajstić information content (AvgIpc) is 3.77. The number of rotatable bonds is 12. The number of hydrogen-bond donors (Lipinski definition) is 2. The molecule has 0 atom stereocenters. The number of aromatic amines is 1. The SMILES string of the molecule is Cc1noc(C)c1-c1ccc(S(=O)(=O)NCCN2CCC(Cn3cc(-c4c(C(=O)OCC(C)C)[nH]c5ccc(F)cc45)nn3)CC2)cc1. The van der Waals surface area contributed by atoms with Crippen LogP contribution in [-0.2, 0) is 21.3 Å². The van der Waals surface area contributed by atoms with Crippen LogP contribution in [0.2, 0.25) is 0 Å². The van der Waals surface area contributed by atoms with E-state index in [1.54, 1.807) is 41.2 Å². The number of carbonyl (C=O) groups excluding carboxylic acids is 1. The van der Waals surface area contributed by atoms with Gasteiger partial charge in [0.1, 0.15) is 23.0 Å². The molecule has 6 rings (SSSR count). The fraction of sp³-hybridized carbons (Fsp3) is 0.412. The number of hydrogen-bond acceptors (Lipinski definition) is 9. The third-order valence-corrected chi connectivity index (χ3v) is 10.1. The number of H-pyrrole nitrogens is 1. The van der Waals surface area contributed by atoms with Crippen molar-refractivity contribution in [2.45, 2.75) is 52.0 Å². The van der Waals surface area contributed by atoms with E-state index in [0.717, 1.165) is 42.8 Å². The summed E-state index contributed by atoms with van der Waals surface area (Å²) >= 11 is 0. The van der Waals surface area contributed by atoms with Crippen molar-refractivity contribution in [3.63, 3.8) is 0 Å². The topological polar surface area (TPSA) is 148 Å². The van der Waals surface area contributed by atoms with Crippen LogP contribution in [0.5, 0.6) is 0 Å². The Morgan fingerprint density at radius 2 is 1.88 bits per heavy atom. The van der Waals surface area contributed by atoms with Crippen molar-refractivity contribution in [3.8, 4) is 22.4 Å². The first-order chi connectivity index (χ1) is 23.0. The molecule has 2 aromatic carbocycles. The Hall–Kier alpha value is -4.40. The summed E-state index contributed by atoms with van der Waals surface area (Å²) < 4.78 is 55.3. The number of carbonyl (C=O) groups is 1. The van der Waals surface area contributed by atoms with Crippen LogP contribution in [0.15, 0.2) is 58.1 Å². The summed E-state index contributed by atoms with van der Waals surface area (Å²) in [5.41, 5.74) is 4.26.